The molecule has 34 heavy (non-hydrogen) atoms. The van der Waals surface area contributed by atoms with Gasteiger partial charge in [-0.15, -0.1) is 0 Å². The van der Waals surface area contributed by atoms with E-state index < -0.39 is 40.2 Å². The average Bonchev–Trinajstić information content (AvgIpc) is 2.79. The number of hydrogen-bond donors (Lipinski definition) is 1. The first-order chi connectivity index (χ1) is 16.0. The van der Waals surface area contributed by atoms with E-state index in [1.54, 1.807) is 38.1 Å². The zero-order chi connectivity index (χ0) is 25.5. The van der Waals surface area contributed by atoms with Gasteiger partial charge in [0, 0.05) is 19.2 Å². The Kier molecular flexibility index (Phi) is 9.36. The van der Waals surface area contributed by atoms with E-state index in [2.05, 4.69) is 5.32 Å². The summed E-state index contributed by atoms with van der Waals surface area (Å²) in [5.74, 6) is -2.84. The third-order valence-corrected chi connectivity index (χ3v) is 6.26. The van der Waals surface area contributed by atoms with Crippen molar-refractivity contribution in [2.75, 3.05) is 30.8 Å². The number of anilines is 1. The lowest BCUT2D eigenvalue weighted by atomic mass is 10.1. The Balaban J connectivity index is 2.44. The molecule has 0 fully saturated rings. The number of ether oxygens (including phenoxy) is 1. The number of benzene rings is 2. The van der Waals surface area contributed by atoms with Crippen LogP contribution >= 0.6 is 0 Å². The first-order valence-corrected chi connectivity index (χ1v) is 12.5. The van der Waals surface area contributed by atoms with E-state index in [1.807, 2.05) is 0 Å². The largest absolute Gasteiger partial charge is 0.497 e. The van der Waals surface area contributed by atoms with Crippen molar-refractivity contribution in [2.45, 2.75) is 32.9 Å². The number of hydrogen-bond acceptors (Lipinski definition) is 5. The van der Waals surface area contributed by atoms with Gasteiger partial charge in [-0.3, -0.25) is 13.9 Å². The van der Waals surface area contributed by atoms with Gasteiger partial charge >= 0.3 is 0 Å². The first-order valence-electron chi connectivity index (χ1n) is 10.6. The second-order valence-electron chi connectivity index (χ2n) is 7.56. The zero-order valence-corrected chi connectivity index (χ0v) is 20.4. The Morgan fingerprint density at radius 2 is 1.71 bits per heavy atom. The van der Waals surface area contributed by atoms with E-state index in [-0.39, 0.29) is 24.6 Å². The molecule has 1 atom stereocenters. The van der Waals surface area contributed by atoms with Crippen LogP contribution in [0.4, 0.5) is 14.5 Å². The molecule has 8 nitrogen and oxygen atoms in total. The number of sulfonamides is 1. The van der Waals surface area contributed by atoms with Crippen LogP contribution in [0.3, 0.4) is 0 Å². The maximum absolute atomic E-state index is 13.8. The van der Waals surface area contributed by atoms with Crippen LogP contribution in [0.15, 0.2) is 42.5 Å². The predicted molar refractivity (Wildman–Crippen MR) is 125 cm³/mol. The van der Waals surface area contributed by atoms with Gasteiger partial charge in [0.1, 0.15) is 18.3 Å². The van der Waals surface area contributed by atoms with Crippen LogP contribution in [0.1, 0.15) is 25.8 Å². The van der Waals surface area contributed by atoms with E-state index >= 15 is 0 Å². The van der Waals surface area contributed by atoms with Crippen molar-refractivity contribution < 1.29 is 31.5 Å². The van der Waals surface area contributed by atoms with Gasteiger partial charge < -0.3 is 15.0 Å². The summed E-state index contributed by atoms with van der Waals surface area (Å²) in [6.07, 6.45) is 1.13. The molecule has 2 rings (SSSR count). The van der Waals surface area contributed by atoms with Gasteiger partial charge in [0.15, 0.2) is 11.6 Å². The second-order valence-corrected chi connectivity index (χ2v) is 9.46. The van der Waals surface area contributed by atoms with Crippen molar-refractivity contribution in [3.05, 3.63) is 59.7 Å². The summed E-state index contributed by atoms with van der Waals surface area (Å²) in [6, 6.07) is 8.55. The van der Waals surface area contributed by atoms with Crippen LogP contribution < -0.4 is 14.4 Å². The molecule has 2 aromatic carbocycles. The molecular formula is C23H29F2N3O5S. The summed E-state index contributed by atoms with van der Waals surface area (Å²) >= 11 is 0. The molecule has 0 radical (unpaired) electrons. The van der Waals surface area contributed by atoms with Crippen molar-refractivity contribution in [3.8, 4) is 5.75 Å². The molecule has 0 saturated heterocycles. The number of amides is 2. The smallest absolute Gasteiger partial charge is 0.244 e. The summed E-state index contributed by atoms with van der Waals surface area (Å²) in [6.45, 7) is 3.15. The van der Waals surface area contributed by atoms with Gasteiger partial charge in [-0.05, 0) is 43.2 Å². The number of carbonyl (C=O) groups is 2. The summed E-state index contributed by atoms with van der Waals surface area (Å²) in [5, 5.41) is 2.69. The van der Waals surface area contributed by atoms with Gasteiger partial charge in [0.25, 0.3) is 0 Å². The summed E-state index contributed by atoms with van der Waals surface area (Å²) in [4.78, 5) is 27.4. The highest BCUT2D eigenvalue weighted by Gasteiger charge is 2.31. The predicted octanol–water partition coefficient (Wildman–Crippen LogP) is 2.68. The van der Waals surface area contributed by atoms with Crippen LogP contribution in [0.5, 0.6) is 5.75 Å². The third kappa shape index (κ3) is 6.89. The van der Waals surface area contributed by atoms with Gasteiger partial charge in [-0.2, -0.15) is 0 Å². The average molecular weight is 498 g/mol. The van der Waals surface area contributed by atoms with E-state index in [4.69, 9.17) is 4.74 Å². The highest BCUT2D eigenvalue weighted by Crippen LogP contribution is 2.22. The fourth-order valence-electron chi connectivity index (χ4n) is 3.39. The molecule has 0 unspecified atom stereocenters. The lowest BCUT2D eigenvalue weighted by molar-refractivity contribution is -0.140. The van der Waals surface area contributed by atoms with Crippen molar-refractivity contribution >= 4 is 27.5 Å². The molecule has 1 N–H and O–H groups in total. The number of rotatable bonds is 11. The Bertz CT molecular complexity index is 1110. The molecule has 0 aliphatic heterocycles. The Morgan fingerprint density at radius 1 is 1.06 bits per heavy atom. The zero-order valence-electron chi connectivity index (χ0n) is 19.5. The topological polar surface area (TPSA) is 96.0 Å². The maximum Gasteiger partial charge on any atom is 0.244 e. The highest BCUT2D eigenvalue weighted by molar-refractivity contribution is 7.92. The van der Waals surface area contributed by atoms with Crippen LogP contribution in [0, 0.1) is 11.6 Å². The summed E-state index contributed by atoms with van der Waals surface area (Å²) in [5.41, 5.74) is 0.487. The normalized spacial score (nSPS) is 12.1. The second kappa shape index (κ2) is 11.8. The monoisotopic (exact) mass is 497 g/mol. The molecule has 0 heterocycles. The number of carbonyl (C=O) groups excluding carboxylic acids is 2. The summed E-state index contributed by atoms with van der Waals surface area (Å²) < 4.78 is 57.9. The minimum absolute atomic E-state index is 0.0217. The van der Waals surface area contributed by atoms with E-state index in [1.165, 1.54) is 12.0 Å². The van der Waals surface area contributed by atoms with Gasteiger partial charge in [0.2, 0.25) is 21.8 Å². The Labute approximate surface area is 198 Å². The molecule has 2 amide bonds. The van der Waals surface area contributed by atoms with Gasteiger partial charge in [-0.1, -0.05) is 19.1 Å². The third-order valence-electron chi connectivity index (χ3n) is 5.12. The van der Waals surface area contributed by atoms with Crippen LogP contribution in [-0.2, 0) is 26.2 Å². The fourth-order valence-corrected chi connectivity index (χ4v) is 4.23. The molecular weight excluding hydrogens is 468 g/mol. The molecule has 186 valence electrons. The van der Waals surface area contributed by atoms with Crippen LogP contribution in [0.2, 0.25) is 0 Å². The molecule has 11 heteroatoms. The Morgan fingerprint density at radius 3 is 2.21 bits per heavy atom. The molecule has 0 saturated carbocycles. The van der Waals surface area contributed by atoms with Crippen LogP contribution in [-0.4, -0.2) is 57.6 Å². The van der Waals surface area contributed by atoms with Gasteiger partial charge in [0.05, 0.1) is 19.1 Å². The Hall–Kier alpha value is -3.21. The molecule has 0 aliphatic carbocycles. The van der Waals surface area contributed by atoms with Crippen molar-refractivity contribution in [3.63, 3.8) is 0 Å². The highest BCUT2D eigenvalue weighted by atomic mass is 32.2. The van der Waals surface area contributed by atoms with Crippen molar-refractivity contribution in [2.24, 2.45) is 0 Å². The molecule has 0 bridgehead atoms. The standard InChI is InChI=1S/C23H29F2N3O5S/c1-5-21(23(30)26-6-2)27(14-16-7-10-18(33-3)11-8-16)22(29)15-28(34(4,31)32)17-9-12-19(24)20(25)13-17/h7-13,21H,5-6,14-15H2,1-4H3,(H,26,30)/t21-/m1/s1. The lowest BCUT2D eigenvalue weighted by Gasteiger charge is -2.32. The van der Waals surface area contributed by atoms with Crippen molar-refractivity contribution in [1.29, 1.82) is 0 Å². The van der Waals surface area contributed by atoms with E-state index in [0.29, 0.717) is 28.2 Å². The van der Waals surface area contributed by atoms with Crippen molar-refractivity contribution in [1.82, 2.24) is 10.2 Å². The number of nitrogens with one attached hydrogen (secondary N) is 1. The van der Waals surface area contributed by atoms with Crippen LogP contribution in [0.25, 0.3) is 0 Å². The molecule has 0 aromatic heterocycles. The fraction of sp³-hybridized carbons (Fsp3) is 0.391. The minimum Gasteiger partial charge on any atom is -0.497 e. The maximum atomic E-state index is 13.8. The lowest BCUT2D eigenvalue weighted by Crippen LogP contribution is -2.52. The first kappa shape index (κ1) is 27.0. The van der Waals surface area contributed by atoms with E-state index in [9.17, 15) is 26.8 Å². The number of likely N-dealkylation sites (N-methyl/N-ethyl adjacent to an activating group) is 1. The minimum atomic E-state index is -4.04. The van der Waals surface area contributed by atoms with E-state index in [0.717, 1.165) is 18.4 Å². The number of methoxy groups -OCH3 is 1. The number of halogens is 2. The quantitative estimate of drug-likeness (QED) is 0.515. The molecule has 2 aromatic rings. The molecule has 0 aliphatic rings. The SMILES string of the molecule is CCNC(=O)[C@@H](CC)N(Cc1ccc(OC)cc1)C(=O)CN(c1ccc(F)c(F)c1)S(C)(=O)=O. The number of nitrogens with zero attached hydrogens (tertiary/aromatic N) is 2. The summed E-state index contributed by atoms with van der Waals surface area (Å²) in [7, 11) is -2.52. The van der Waals surface area contributed by atoms with Gasteiger partial charge in [-0.25, -0.2) is 17.2 Å². The molecule has 0 spiro atoms.